The van der Waals surface area contributed by atoms with Crippen LogP contribution in [0.1, 0.15) is 11.1 Å². The summed E-state index contributed by atoms with van der Waals surface area (Å²) in [6.45, 7) is 0. The molecule has 0 aliphatic carbocycles. The van der Waals surface area contributed by atoms with Gasteiger partial charge in [-0.3, -0.25) is 0 Å². The van der Waals surface area contributed by atoms with Crippen LogP contribution in [0.3, 0.4) is 0 Å². The molecular weight excluding hydrogens is 432 g/mol. The Bertz CT molecular complexity index is 1200. The van der Waals surface area contributed by atoms with E-state index in [-0.39, 0.29) is 0 Å². The van der Waals surface area contributed by atoms with Crippen molar-refractivity contribution < 1.29 is 4.74 Å². The third-order valence-electron chi connectivity index (χ3n) is 4.54. The van der Waals surface area contributed by atoms with Crippen LogP contribution in [0.4, 0.5) is 0 Å². The fraction of sp³-hybridized carbons (Fsp3) is 0.0833. The summed E-state index contributed by atoms with van der Waals surface area (Å²) in [7, 11) is 1.64. The van der Waals surface area contributed by atoms with Gasteiger partial charge in [0, 0.05) is 16.3 Å². The molecule has 0 N–H and O–H groups in total. The average Bonchev–Trinajstić information content (AvgIpc) is 3.33. The van der Waals surface area contributed by atoms with Crippen molar-refractivity contribution in [3.63, 3.8) is 0 Å². The van der Waals surface area contributed by atoms with Crippen molar-refractivity contribution in [1.82, 2.24) is 4.98 Å². The molecule has 148 valence electrons. The van der Waals surface area contributed by atoms with Gasteiger partial charge in [0.1, 0.15) is 16.8 Å². The van der Waals surface area contributed by atoms with Crippen LogP contribution in [-0.4, -0.2) is 12.1 Å². The largest absolute Gasteiger partial charge is 0.497 e. The maximum Gasteiger partial charge on any atom is 0.119 e. The van der Waals surface area contributed by atoms with Crippen molar-refractivity contribution in [2.75, 3.05) is 7.11 Å². The first-order valence-electron chi connectivity index (χ1n) is 9.18. The van der Waals surface area contributed by atoms with Gasteiger partial charge in [-0.05, 0) is 52.9 Å². The van der Waals surface area contributed by atoms with Gasteiger partial charge in [0.15, 0.2) is 0 Å². The molecule has 0 aliphatic heterocycles. The Hall–Kier alpha value is -2.78. The number of nitrogens with zero attached hydrogens (tertiary/aromatic N) is 2. The molecular formula is C24H17ClN2OS2. The van der Waals surface area contributed by atoms with Gasteiger partial charge in [-0.25, -0.2) is 4.98 Å². The zero-order valence-corrected chi connectivity index (χ0v) is 18.5. The molecule has 0 radical (unpaired) electrons. The molecule has 0 amide bonds. The van der Waals surface area contributed by atoms with Gasteiger partial charge in [0.05, 0.1) is 23.2 Å². The summed E-state index contributed by atoms with van der Waals surface area (Å²) in [5, 5.41) is 13.4. The number of aromatic nitrogens is 1. The first-order chi connectivity index (χ1) is 14.7. The highest BCUT2D eigenvalue weighted by molar-refractivity contribution is 7.98. The predicted octanol–water partition coefficient (Wildman–Crippen LogP) is 7.30. The zero-order chi connectivity index (χ0) is 20.9. The molecule has 2 aromatic carbocycles. The Balaban J connectivity index is 1.80. The van der Waals surface area contributed by atoms with E-state index in [1.54, 1.807) is 30.2 Å². The number of thioether (sulfide) groups is 1. The van der Waals surface area contributed by atoms with E-state index in [1.165, 1.54) is 0 Å². The van der Waals surface area contributed by atoms with E-state index < -0.39 is 0 Å². The van der Waals surface area contributed by atoms with Crippen LogP contribution in [0.2, 0.25) is 5.02 Å². The summed E-state index contributed by atoms with van der Waals surface area (Å²) >= 11 is 9.19. The van der Waals surface area contributed by atoms with Crippen molar-refractivity contribution >= 4 is 34.7 Å². The molecule has 0 atom stereocenters. The van der Waals surface area contributed by atoms with Gasteiger partial charge in [0.25, 0.3) is 0 Å². The minimum Gasteiger partial charge on any atom is -0.497 e. The van der Waals surface area contributed by atoms with E-state index in [4.69, 9.17) is 21.3 Å². The number of thiophene rings is 1. The van der Waals surface area contributed by atoms with Gasteiger partial charge < -0.3 is 4.74 Å². The maximum atomic E-state index is 9.99. The number of halogens is 1. The summed E-state index contributed by atoms with van der Waals surface area (Å²) in [5.41, 5.74) is 4.34. The molecule has 0 saturated heterocycles. The van der Waals surface area contributed by atoms with E-state index in [2.05, 4.69) is 6.07 Å². The molecule has 0 fully saturated rings. The topological polar surface area (TPSA) is 45.9 Å². The minimum atomic E-state index is 0.572. The number of nitriles is 1. The van der Waals surface area contributed by atoms with Gasteiger partial charge in [0.2, 0.25) is 0 Å². The van der Waals surface area contributed by atoms with Crippen LogP contribution >= 0.6 is 34.7 Å². The summed E-state index contributed by atoms with van der Waals surface area (Å²) in [4.78, 5) is 5.91. The smallest absolute Gasteiger partial charge is 0.119 e. The summed E-state index contributed by atoms with van der Waals surface area (Å²) < 4.78 is 5.39. The third kappa shape index (κ3) is 4.52. The Kier molecular flexibility index (Phi) is 6.39. The number of benzene rings is 2. The summed E-state index contributed by atoms with van der Waals surface area (Å²) in [6.07, 6.45) is 0. The lowest BCUT2D eigenvalue weighted by Crippen LogP contribution is -1.96. The van der Waals surface area contributed by atoms with E-state index in [1.807, 2.05) is 72.1 Å². The van der Waals surface area contributed by atoms with E-state index >= 15 is 0 Å². The summed E-state index contributed by atoms with van der Waals surface area (Å²) in [6, 6.07) is 23.9. The number of rotatable bonds is 6. The number of hydrogen-bond donors (Lipinski definition) is 0. The molecule has 2 aromatic heterocycles. The van der Waals surface area contributed by atoms with Gasteiger partial charge in [-0.15, -0.1) is 23.1 Å². The summed E-state index contributed by atoms with van der Waals surface area (Å²) in [5.74, 6) is 1.45. The highest BCUT2D eigenvalue weighted by Crippen LogP contribution is 2.37. The highest BCUT2D eigenvalue weighted by atomic mass is 35.5. The molecule has 30 heavy (non-hydrogen) atoms. The van der Waals surface area contributed by atoms with Crippen LogP contribution in [0.5, 0.6) is 5.75 Å². The Morgan fingerprint density at radius 3 is 2.63 bits per heavy atom. The van der Waals surface area contributed by atoms with Crippen LogP contribution in [0.25, 0.3) is 21.7 Å². The molecule has 4 rings (SSSR count). The van der Waals surface area contributed by atoms with Gasteiger partial charge in [-0.1, -0.05) is 41.9 Å². The van der Waals surface area contributed by atoms with Crippen molar-refractivity contribution in [1.29, 1.82) is 5.26 Å². The van der Waals surface area contributed by atoms with Crippen LogP contribution in [-0.2, 0) is 5.75 Å². The van der Waals surface area contributed by atoms with Gasteiger partial charge in [-0.2, -0.15) is 5.26 Å². The first kappa shape index (κ1) is 20.5. The average molecular weight is 449 g/mol. The second-order valence-electron chi connectivity index (χ2n) is 6.47. The molecule has 0 unspecified atom stereocenters. The Morgan fingerprint density at radius 1 is 1.10 bits per heavy atom. The van der Waals surface area contributed by atoms with Crippen molar-refractivity contribution in [2.24, 2.45) is 0 Å². The Labute approximate surface area is 188 Å². The van der Waals surface area contributed by atoms with Crippen molar-refractivity contribution in [2.45, 2.75) is 10.8 Å². The molecule has 0 bridgehead atoms. The van der Waals surface area contributed by atoms with Crippen molar-refractivity contribution in [3.8, 4) is 33.5 Å². The zero-order valence-electron chi connectivity index (χ0n) is 16.1. The number of hydrogen-bond acceptors (Lipinski definition) is 5. The normalized spacial score (nSPS) is 10.6. The molecule has 0 spiro atoms. The number of ether oxygens (including phenoxy) is 1. The monoisotopic (exact) mass is 448 g/mol. The molecule has 0 saturated carbocycles. The second-order valence-corrected chi connectivity index (χ2v) is 8.82. The quantitative estimate of drug-likeness (QED) is 0.290. The third-order valence-corrected chi connectivity index (χ3v) is 6.73. The van der Waals surface area contributed by atoms with Crippen LogP contribution < -0.4 is 4.74 Å². The fourth-order valence-electron chi connectivity index (χ4n) is 3.04. The second kappa shape index (κ2) is 9.36. The predicted molar refractivity (Wildman–Crippen MR) is 125 cm³/mol. The molecule has 4 aromatic rings. The first-order valence-corrected chi connectivity index (χ1v) is 11.4. The molecule has 2 heterocycles. The maximum absolute atomic E-state index is 9.99. The molecule has 6 heteroatoms. The van der Waals surface area contributed by atoms with Crippen LogP contribution in [0.15, 0.2) is 77.1 Å². The SMILES string of the molecule is COc1cccc(-c2cc(-c3cccs3)nc(SCc3ccc(Cl)cc3)c2C#N)c1. The van der Waals surface area contributed by atoms with Crippen molar-refractivity contribution in [3.05, 3.63) is 88.3 Å². The lowest BCUT2D eigenvalue weighted by Gasteiger charge is -2.12. The fourth-order valence-corrected chi connectivity index (χ4v) is 4.81. The van der Waals surface area contributed by atoms with E-state index in [0.717, 1.165) is 38.0 Å². The Morgan fingerprint density at radius 2 is 1.93 bits per heavy atom. The van der Waals surface area contributed by atoms with Gasteiger partial charge >= 0.3 is 0 Å². The standard InChI is InChI=1S/C24H17ClN2OS2/c1-28-19-5-2-4-17(12-19)20-13-22(23-6-3-11-29-23)27-24(21(20)14-26)30-15-16-7-9-18(25)10-8-16/h2-13H,15H2,1H3. The van der Waals surface area contributed by atoms with E-state index in [0.29, 0.717) is 16.3 Å². The van der Waals surface area contributed by atoms with E-state index in [9.17, 15) is 5.26 Å². The minimum absolute atomic E-state index is 0.572. The lowest BCUT2D eigenvalue weighted by molar-refractivity contribution is 0.415. The number of methoxy groups -OCH3 is 1. The molecule has 3 nitrogen and oxygen atoms in total. The molecule has 0 aliphatic rings. The lowest BCUT2D eigenvalue weighted by atomic mass is 10.0. The number of pyridine rings is 1. The van der Waals surface area contributed by atoms with Crippen LogP contribution in [0, 0.1) is 11.3 Å². The highest BCUT2D eigenvalue weighted by Gasteiger charge is 2.17.